The van der Waals surface area contributed by atoms with Gasteiger partial charge in [0.2, 0.25) is 17.6 Å². The number of carbonyl (C=O) groups excluding carboxylic acids is 4. The molecule has 3 aromatic rings. The van der Waals surface area contributed by atoms with Gasteiger partial charge in [-0.1, -0.05) is 32.9 Å². The highest BCUT2D eigenvalue weighted by Gasteiger charge is 2.45. The monoisotopic (exact) mass is 858 g/mol. The van der Waals surface area contributed by atoms with Crippen molar-refractivity contribution in [2.75, 3.05) is 27.1 Å². The molecule has 6 N–H and O–H groups in total. The number of rotatable bonds is 7. The van der Waals surface area contributed by atoms with E-state index in [4.69, 9.17) is 33.8 Å². The predicted octanol–water partition coefficient (Wildman–Crippen LogP) is 6.70. The van der Waals surface area contributed by atoms with Crippen LogP contribution in [0.25, 0.3) is 0 Å². The SMILES string of the molecule is COC(=O)[C@H]1NC(=O)[C@@H](c2ccc(OC)c(Br)c2)NC(=O)[C@H](NC(=O)OC(C)(C)C)c2cc(O)c(OC)c(c2)Oc2ccc(cc2N)[C@H]1O[Si](C)(C)C(C)(C)C. The minimum Gasteiger partial charge on any atom is -0.504 e. The molecule has 304 valence electrons. The van der Waals surface area contributed by atoms with Crippen LogP contribution in [0.5, 0.6) is 28.7 Å². The van der Waals surface area contributed by atoms with Gasteiger partial charge in [-0.2, -0.15) is 0 Å². The number of benzene rings is 3. The Morgan fingerprint density at radius 2 is 1.54 bits per heavy atom. The summed E-state index contributed by atoms with van der Waals surface area (Å²) in [6.07, 6.45) is -2.12. The molecule has 0 saturated heterocycles. The first-order chi connectivity index (χ1) is 26.0. The van der Waals surface area contributed by atoms with Crippen LogP contribution in [0.15, 0.2) is 53.0 Å². The number of halogens is 1. The van der Waals surface area contributed by atoms with Crippen LogP contribution in [0.2, 0.25) is 18.1 Å². The molecule has 5 rings (SSSR count). The lowest BCUT2D eigenvalue weighted by atomic mass is 9.98. The van der Waals surface area contributed by atoms with Crippen molar-refractivity contribution in [3.63, 3.8) is 0 Å². The third kappa shape index (κ3) is 10.0. The molecular formula is C39H51BrN4O11Si. The number of fused-ring (bicyclic) bond motifs is 9. The van der Waals surface area contributed by atoms with Crippen LogP contribution in [0.3, 0.4) is 0 Å². The Bertz CT molecular complexity index is 1980. The van der Waals surface area contributed by atoms with E-state index in [2.05, 4.69) is 31.9 Å². The number of amides is 3. The van der Waals surface area contributed by atoms with Crippen molar-refractivity contribution < 1.29 is 52.4 Å². The van der Waals surface area contributed by atoms with Crippen molar-refractivity contribution in [1.29, 1.82) is 0 Å². The molecule has 0 aliphatic carbocycles. The summed E-state index contributed by atoms with van der Waals surface area (Å²) in [6, 6.07) is 7.49. The van der Waals surface area contributed by atoms with Crippen LogP contribution in [0.4, 0.5) is 10.5 Å². The number of nitrogens with two attached hydrogens (primary N) is 1. The lowest BCUT2D eigenvalue weighted by Gasteiger charge is -2.41. The maximum atomic E-state index is 14.7. The van der Waals surface area contributed by atoms with Gasteiger partial charge in [0.15, 0.2) is 31.6 Å². The first-order valence-electron chi connectivity index (χ1n) is 17.7. The molecule has 15 nitrogen and oxygen atoms in total. The first-order valence-corrected chi connectivity index (χ1v) is 21.4. The number of alkyl carbamates (subject to hydrolysis) is 1. The van der Waals surface area contributed by atoms with Crippen LogP contribution >= 0.6 is 15.9 Å². The third-order valence-corrected chi connectivity index (χ3v) is 14.5. The summed E-state index contributed by atoms with van der Waals surface area (Å²) in [4.78, 5) is 56.2. The summed E-state index contributed by atoms with van der Waals surface area (Å²) in [5.74, 6) is -2.60. The number of phenols is 1. The van der Waals surface area contributed by atoms with E-state index in [0.717, 1.165) is 0 Å². The number of anilines is 1. The number of hydrogen-bond acceptors (Lipinski definition) is 12. The number of hydrogen-bond donors (Lipinski definition) is 5. The van der Waals surface area contributed by atoms with Gasteiger partial charge in [-0.3, -0.25) is 9.59 Å². The van der Waals surface area contributed by atoms with E-state index in [1.54, 1.807) is 57.2 Å². The normalized spacial score (nSPS) is 19.2. The fourth-order valence-corrected chi connectivity index (χ4v) is 7.39. The fourth-order valence-electron chi connectivity index (χ4n) is 5.57. The van der Waals surface area contributed by atoms with Gasteiger partial charge < -0.3 is 54.9 Å². The zero-order chi connectivity index (χ0) is 41.9. The van der Waals surface area contributed by atoms with Crippen molar-refractivity contribution in [3.05, 3.63) is 69.7 Å². The van der Waals surface area contributed by atoms with Crippen molar-refractivity contribution in [1.82, 2.24) is 16.0 Å². The Labute approximate surface area is 336 Å². The van der Waals surface area contributed by atoms with Gasteiger partial charge in [-0.15, -0.1) is 0 Å². The van der Waals surface area contributed by atoms with Crippen LogP contribution in [-0.2, 0) is 28.3 Å². The highest BCUT2D eigenvalue weighted by atomic mass is 79.9. The molecule has 3 amide bonds. The molecule has 2 heterocycles. The second-order valence-corrected chi connectivity index (χ2v) is 21.3. The Balaban J connectivity index is 2.04. The molecule has 4 atom stereocenters. The third-order valence-electron chi connectivity index (χ3n) is 9.44. The molecule has 0 fully saturated rings. The molecule has 0 radical (unpaired) electrons. The van der Waals surface area contributed by atoms with Crippen molar-refractivity contribution in [2.24, 2.45) is 0 Å². The van der Waals surface area contributed by atoms with Crippen LogP contribution in [0.1, 0.15) is 76.4 Å². The topological polar surface area (TPSA) is 206 Å². The van der Waals surface area contributed by atoms with Crippen LogP contribution in [0, 0.1) is 0 Å². The zero-order valence-corrected chi connectivity index (χ0v) is 36.0. The zero-order valence-electron chi connectivity index (χ0n) is 33.4. The van der Waals surface area contributed by atoms with Gasteiger partial charge in [-0.05, 0) is 108 Å². The van der Waals surface area contributed by atoms with Crippen LogP contribution < -0.4 is 35.9 Å². The highest BCUT2D eigenvalue weighted by Crippen LogP contribution is 2.45. The number of carbonyl (C=O) groups is 4. The minimum atomic E-state index is -2.72. The maximum absolute atomic E-state index is 14.7. The quantitative estimate of drug-likeness (QED) is 0.0956. The minimum absolute atomic E-state index is 0.0225. The maximum Gasteiger partial charge on any atom is 0.408 e. The predicted molar refractivity (Wildman–Crippen MR) is 214 cm³/mol. The van der Waals surface area contributed by atoms with Crippen molar-refractivity contribution in [2.45, 2.75) is 89.5 Å². The Morgan fingerprint density at radius 1 is 0.875 bits per heavy atom. The second-order valence-electron chi connectivity index (χ2n) is 15.7. The van der Waals surface area contributed by atoms with Crippen LogP contribution in [-0.4, -0.2) is 70.3 Å². The molecule has 0 saturated carbocycles. The summed E-state index contributed by atoms with van der Waals surface area (Å²) in [5, 5.41) is 18.9. The summed E-state index contributed by atoms with van der Waals surface area (Å²) >= 11 is 3.45. The number of nitrogens with one attached hydrogen (secondary N) is 3. The lowest BCUT2D eigenvalue weighted by Crippen LogP contribution is -2.54. The number of methoxy groups -OCH3 is 3. The van der Waals surface area contributed by atoms with E-state index in [9.17, 15) is 24.3 Å². The number of ether oxygens (including phenoxy) is 5. The Kier molecular flexibility index (Phi) is 13.3. The summed E-state index contributed by atoms with van der Waals surface area (Å²) in [5.41, 5.74) is 6.43. The molecule has 0 unspecified atom stereocenters. The molecule has 17 heteroatoms. The van der Waals surface area contributed by atoms with E-state index in [-0.39, 0.29) is 39.1 Å². The molecule has 0 spiro atoms. The molecule has 0 aromatic heterocycles. The Hall–Kier alpha value is -5.00. The molecule has 2 aliphatic heterocycles. The van der Waals surface area contributed by atoms with E-state index in [1.807, 2.05) is 33.9 Å². The first kappa shape index (κ1) is 43.7. The standard InChI is InChI=1S/C39H51BrN4O11Si/c1-38(2,3)54-37(49)44-30-22-18-25(45)33(51-8)28(19-22)53-27-15-13-21(17-24(27)41)32(55-56(10,11)39(4,5)6)31(36(48)52-9)43-34(46)29(42-35(30)47)20-12-14-26(50-7)23(40)16-20/h12-19,29-32,45H,41H2,1-11H3,(H,42,47)(H,43,46)(H,44,49)/t29-,30-,31+,32-/m1/s1. The molecule has 3 aromatic carbocycles. The summed E-state index contributed by atoms with van der Waals surface area (Å²) < 4.78 is 35.1. The average Bonchev–Trinajstić information content (AvgIpc) is 3.09. The molecule has 56 heavy (non-hydrogen) atoms. The summed E-state index contributed by atoms with van der Waals surface area (Å²) in [7, 11) is 1.25. The fraction of sp³-hybridized carbons (Fsp3) is 0.436. The van der Waals surface area contributed by atoms with Crippen molar-refractivity contribution in [3.8, 4) is 28.7 Å². The molecular weight excluding hydrogens is 808 g/mol. The van der Waals surface area contributed by atoms with E-state index >= 15 is 0 Å². The molecule has 4 bridgehead atoms. The largest absolute Gasteiger partial charge is 0.504 e. The lowest BCUT2D eigenvalue weighted by molar-refractivity contribution is -0.148. The van der Waals surface area contributed by atoms with E-state index in [0.29, 0.717) is 15.8 Å². The average molecular weight is 860 g/mol. The summed E-state index contributed by atoms with van der Waals surface area (Å²) in [6.45, 7) is 15.0. The van der Waals surface area contributed by atoms with E-state index in [1.165, 1.54) is 33.5 Å². The van der Waals surface area contributed by atoms with Gasteiger partial charge in [0.05, 0.1) is 31.5 Å². The van der Waals surface area contributed by atoms with Gasteiger partial charge >= 0.3 is 12.1 Å². The number of aromatic hydroxyl groups is 1. The molecule has 2 aliphatic rings. The number of phenolic OH excluding ortho intramolecular Hbond substituents is 1. The van der Waals surface area contributed by atoms with Gasteiger partial charge in [0, 0.05) is 0 Å². The Morgan fingerprint density at radius 3 is 2.09 bits per heavy atom. The number of nitrogen functional groups attached to an aromatic ring is 1. The second kappa shape index (κ2) is 17.0. The number of esters is 1. The highest BCUT2D eigenvalue weighted by molar-refractivity contribution is 9.10. The smallest absolute Gasteiger partial charge is 0.408 e. The van der Waals surface area contributed by atoms with Gasteiger partial charge in [-0.25, -0.2) is 9.59 Å². The van der Waals surface area contributed by atoms with Gasteiger partial charge in [0.1, 0.15) is 29.5 Å². The van der Waals surface area contributed by atoms with E-state index < -0.39 is 67.8 Å². The van der Waals surface area contributed by atoms with Crippen molar-refractivity contribution >= 4 is 53.8 Å². The van der Waals surface area contributed by atoms with Gasteiger partial charge in [0.25, 0.3) is 0 Å².